The predicted molar refractivity (Wildman–Crippen MR) is 91.8 cm³/mol. The Morgan fingerprint density at radius 1 is 1.19 bits per heavy atom. The molecule has 0 unspecified atom stereocenters. The minimum absolute atomic E-state index is 0.134. The molecule has 4 rings (SSSR count). The molecule has 2 aromatic heterocycles. The molecule has 0 aliphatic carbocycles. The van der Waals surface area contributed by atoms with Crippen molar-refractivity contribution in [2.75, 3.05) is 12.0 Å². The lowest BCUT2D eigenvalue weighted by Gasteiger charge is -2.25. The number of fused-ring (bicyclic) bond motifs is 1. The highest BCUT2D eigenvalue weighted by Crippen LogP contribution is 2.39. The first-order chi connectivity index (χ1) is 12.6. The van der Waals surface area contributed by atoms with Crippen molar-refractivity contribution in [1.82, 2.24) is 0 Å². The van der Waals surface area contributed by atoms with Crippen LogP contribution in [0.4, 0.5) is 5.69 Å². The lowest BCUT2D eigenvalue weighted by molar-refractivity contribution is -0.142. The Hall–Kier alpha value is -3.35. The number of rotatable bonds is 3. The van der Waals surface area contributed by atoms with E-state index in [9.17, 15) is 14.4 Å². The average Bonchev–Trinajstić information content (AvgIpc) is 3.28. The Morgan fingerprint density at radius 2 is 2.04 bits per heavy atom. The van der Waals surface area contributed by atoms with Crippen LogP contribution in [0, 0.1) is 0 Å². The van der Waals surface area contributed by atoms with Crippen LogP contribution < -0.4 is 10.5 Å². The van der Waals surface area contributed by atoms with E-state index in [1.807, 2.05) is 0 Å². The van der Waals surface area contributed by atoms with Gasteiger partial charge in [0.25, 0.3) is 0 Å². The van der Waals surface area contributed by atoms with Crippen molar-refractivity contribution in [3.63, 3.8) is 0 Å². The standard InChI is InChI=1S/C19H15NO6/c1-24-19(23)18-13(15-3-2-8-25-15)10-16(21)20(18)12-5-6-14-11(9-12)4-7-17(22)26-14/h2-9,13,18H,10H2,1H3/t13-,18+/m0/s1. The Labute approximate surface area is 147 Å². The monoisotopic (exact) mass is 353 g/mol. The summed E-state index contributed by atoms with van der Waals surface area (Å²) < 4.78 is 15.5. The van der Waals surface area contributed by atoms with Crippen molar-refractivity contribution in [2.24, 2.45) is 0 Å². The van der Waals surface area contributed by atoms with Gasteiger partial charge in [-0.05, 0) is 36.4 Å². The van der Waals surface area contributed by atoms with Gasteiger partial charge in [-0.3, -0.25) is 9.69 Å². The zero-order valence-corrected chi connectivity index (χ0v) is 13.9. The highest BCUT2D eigenvalue weighted by molar-refractivity contribution is 6.05. The second kappa shape index (κ2) is 6.18. The summed E-state index contributed by atoms with van der Waals surface area (Å²) >= 11 is 0. The molecule has 26 heavy (non-hydrogen) atoms. The number of anilines is 1. The van der Waals surface area contributed by atoms with E-state index in [0.29, 0.717) is 22.4 Å². The fourth-order valence-corrected chi connectivity index (χ4v) is 3.40. The van der Waals surface area contributed by atoms with Crippen molar-refractivity contribution in [3.05, 3.63) is 64.9 Å². The number of nitrogens with zero attached hydrogens (tertiary/aromatic N) is 1. The van der Waals surface area contributed by atoms with E-state index in [2.05, 4.69) is 0 Å². The molecule has 3 heterocycles. The third-order valence-electron chi connectivity index (χ3n) is 4.55. The van der Waals surface area contributed by atoms with Crippen LogP contribution in [0.25, 0.3) is 11.0 Å². The van der Waals surface area contributed by atoms with Crippen LogP contribution in [0.5, 0.6) is 0 Å². The molecule has 1 aromatic carbocycles. The van der Waals surface area contributed by atoms with Crippen molar-refractivity contribution in [2.45, 2.75) is 18.4 Å². The van der Waals surface area contributed by atoms with E-state index in [-0.39, 0.29) is 12.3 Å². The molecule has 2 atom stereocenters. The molecular formula is C19H15NO6. The molecule has 132 valence electrons. The van der Waals surface area contributed by atoms with Gasteiger partial charge >= 0.3 is 11.6 Å². The summed E-state index contributed by atoms with van der Waals surface area (Å²) in [5.74, 6) is -0.604. The maximum Gasteiger partial charge on any atom is 0.336 e. The smallest absolute Gasteiger partial charge is 0.336 e. The van der Waals surface area contributed by atoms with Crippen LogP contribution in [0.2, 0.25) is 0 Å². The maximum atomic E-state index is 12.7. The van der Waals surface area contributed by atoms with Crippen LogP contribution in [-0.2, 0) is 14.3 Å². The van der Waals surface area contributed by atoms with E-state index < -0.39 is 23.6 Å². The Bertz CT molecular complexity index is 1040. The fraction of sp³-hybridized carbons (Fsp3) is 0.211. The molecule has 1 aliphatic rings. The summed E-state index contributed by atoms with van der Waals surface area (Å²) in [7, 11) is 1.29. The zero-order chi connectivity index (χ0) is 18.3. The molecular weight excluding hydrogens is 338 g/mol. The molecule has 1 saturated heterocycles. The van der Waals surface area contributed by atoms with Gasteiger partial charge in [0.15, 0.2) is 0 Å². The highest BCUT2D eigenvalue weighted by atomic mass is 16.5. The molecule has 7 heteroatoms. The van der Waals surface area contributed by atoms with Gasteiger partial charge in [0.1, 0.15) is 17.4 Å². The molecule has 1 amide bonds. The lowest BCUT2D eigenvalue weighted by Crippen LogP contribution is -2.41. The largest absolute Gasteiger partial charge is 0.469 e. The normalized spacial score (nSPS) is 19.9. The highest BCUT2D eigenvalue weighted by Gasteiger charge is 2.47. The van der Waals surface area contributed by atoms with Gasteiger partial charge in [0.2, 0.25) is 5.91 Å². The molecule has 0 spiro atoms. The van der Waals surface area contributed by atoms with E-state index in [0.717, 1.165) is 0 Å². The first kappa shape index (κ1) is 16.1. The van der Waals surface area contributed by atoms with Crippen LogP contribution in [0.1, 0.15) is 18.1 Å². The van der Waals surface area contributed by atoms with Gasteiger partial charge in [-0.1, -0.05) is 0 Å². The van der Waals surface area contributed by atoms with Gasteiger partial charge in [0, 0.05) is 23.6 Å². The Morgan fingerprint density at radius 3 is 2.77 bits per heavy atom. The van der Waals surface area contributed by atoms with Crippen molar-refractivity contribution < 1.29 is 23.2 Å². The number of carbonyl (C=O) groups is 2. The summed E-state index contributed by atoms with van der Waals surface area (Å²) in [6.07, 6.45) is 1.64. The SMILES string of the molecule is COC(=O)[C@H]1[C@H](c2ccco2)CC(=O)N1c1ccc2oc(=O)ccc2c1. The van der Waals surface area contributed by atoms with Crippen molar-refractivity contribution >= 4 is 28.5 Å². The summed E-state index contributed by atoms with van der Waals surface area (Å²) in [5, 5.41) is 0.653. The number of esters is 1. The van der Waals surface area contributed by atoms with Gasteiger partial charge in [0.05, 0.1) is 19.3 Å². The van der Waals surface area contributed by atoms with E-state index in [4.69, 9.17) is 13.6 Å². The first-order valence-electron chi connectivity index (χ1n) is 8.05. The molecule has 0 bridgehead atoms. The second-order valence-corrected chi connectivity index (χ2v) is 6.03. The second-order valence-electron chi connectivity index (χ2n) is 6.03. The van der Waals surface area contributed by atoms with Crippen molar-refractivity contribution in [3.8, 4) is 0 Å². The number of carbonyl (C=O) groups excluding carboxylic acids is 2. The minimum atomic E-state index is -0.827. The number of furan rings is 1. The maximum absolute atomic E-state index is 12.7. The molecule has 7 nitrogen and oxygen atoms in total. The third kappa shape index (κ3) is 2.57. The molecule has 1 fully saturated rings. The number of hydrogen-bond donors (Lipinski definition) is 0. The minimum Gasteiger partial charge on any atom is -0.469 e. The van der Waals surface area contributed by atoms with E-state index >= 15 is 0 Å². The first-order valence-corrected chi connectivity index (χ1v) is 8.05. The summed E-state index contributed by atoms with van der Waals surface area (Å²) in [6, 6.07) is 10.5. The Balaban J connectivity index is 1.80. The quantitative estimate of drug-likeness (QED) is 0.531. The molecule has 0 radical (unpaired) electrons. The molecule has 1 aliphatic heterocycles. The molecule has 0 saturated carbocycles. The number of amides is 1. The van der Waals surface area contributed by atoms with Crippen LogP contribution >= 0.6 is 0 Å². The van der Waals surface area contributed by atoms with E-state index in [1.54, 1.807) is 36.4 Å². The summed E-state index contributed by atoms with van der Waals surface area (Å²) in [6.45, 7) is 0. The summed E-state index contributed by atoms with van der Waals surface area (Å²) in [4.78, 5) is 37.9. The predicted octanol–water partition coefficient (Wildman–Crippen LogP) is 2.45. The van der Waals surface area contributed by atoms with Crippen molar-refractivity contribution in [1.29, 1.82) is 0 Å². The fourth-order valence-electron chi connectivity index (χ4n) is 3.40. The average molecular weight is 353 g/mol. The van der Waals surface area contributed by atoms with Crippen LogP contribution in [0.15, 0.2) is 62.4 Å². The molecule has 0 N–H and O–H groups in total. The zero-order valence-electron chi connectivity index (χ0n) is 13.9. The van der Waals surface area contributed by atoms with Gasteiger partial charge in [-0.25, -0.2) is 9.59 Å². The van der Waals surface area contributed by atoms with Gasteiger partial charge in [-0.15, -0.1) is 0 Å². The van der Waals surface area contributed by atoms with Crippen LogP contribution in [-0.4, -0.2) is 25.0 Å². The lowest BCUT2D eigenvalue weighted by atomic mass is 9.97. The topological polar surface area (TPSA) is 90.0 Å². The van der Waals surface area contributed by atoms with E-state index in [1.165, 1.54) is 24.3 Å². The van der Waals surface area contributed by atoms with Gasteiger partial charge < -0.3 is 13.6 Å². The Kier molecular flexibility index (Phi) is 3.84. The third-order valence-corrected chi connectivity index (χ3v) is 4.55. The molecule has 3 aromatic rings. The van der Waals surface area contributed by atoms with Crippen LogP contribution in [0.3, 0.4) is 0 Å². The summed E-state index contributed by atoms with van der Waals surface area (Å²) in [5.41, 5.74) is 0.485. The number of benzene rings is 1. The number of ether oxygens (including phenoxy) is 1. The number of methoxy groups -OCH3 is 1. The van der Waals surface area contributed by atoms with Gasteiger partial charge in [-0.2, -0.15) is 0 Å². The number of hydrogen-bond acceptors (Lipinski definition) is 6.